The molecule has 0 saturated carbocycles. The number of nitrogens with two attached hydrogens (primary N) is 2. The highest BCUT2D eigenvalue weighted by atomic mass is 16.1. The van der Waals surface area contributed by atoms with Crippen molar-refractivity contribution in [3.8, 4) is 0 Å². The fourth-order valence-electron chi connectivity index (χ4n) is 1.99. The lowest BCUT2D eigenvalue weighted by molar-refractivity contribution is -0.119. The van der Waals surface area contributed by atoms with Gasteiger partial charge in [-0.15, -0.1) is 0 Å². The Morgan fingerprint density at radius 2 is 2.29 bits per heavy atom. The van der Waals surface area contributed by atoms with Gasteiger partial charge in [0, 0.05) is 24.8 Å². The zero-order valence-corrected chi connectivity index (χ0v) is 10.6. The first-order chi connectivity index (χ1) is 7.95. The SMILES string of the molecule is CCC(N)C(c1cnn(C)c1)N(C)CC(N)=O. The lowest BCUT2D eigenvalue weighted by Gasteiger charge is -2.30. The zero-order valence-electron chi connectivity index (χ0n) is 10.6. The van der Waals surface area contributed by atoms with Crippen molar-refractivity contribution < 1.29 is 4.79 Å². The van der Waals surface area contributed by atoms with E-state index in [1.165, 1.54) is 0 Å². The molecule has 6 heteroatoms. The summed E-state index contributed by atoms with van der Waals surface area (Å²) < 4.78 is 1.73. The van der Waals surface area contributed by atoms with Crippen LogP contribution in [-0.2, 0) is 11.8 Å². The third-order valence-corrected chi connectivity index (χ3v) is 2.82. The van der Waals surface area contributed by atoms with Gasteiger partial charge in [-0.05, 0) is 13.5 Å². The predicted molar refractivity (Wildman–Crippen MR) is 66.0 cm³/mol. The first kappa shape index (κ1) is 13.7. The molecule has 2 unspecified atom stereocenters. The van der Waals surface area contributed by atoms with Gasteiger partial charge >= 0.3 is 0 Å². The van der Waals surface area contributed by atoms with Gasteiger partial charge in [0.05, 0.1) is 18.8 Å². The Morgan fingerprint density at radius 1 is 1.65 bits per heavy atom. The minimum atomic E-state index is -0.357. The molecule has 1 aromatic rings. The lowest BCUT2D eigenvalue weighted by Crippen LogP contribution is -2.42. The third kappa shape index (κ3) is 3.54. The van der Waals surface area contributed by atoms with Crippen molar-refractivity contribution >= 4 is 5.91 Å². The Hall–Kier alpha value is -1.40. The van der Waals surface area contributed by atoms with Crippen molar-refractivity contribution in [3.63, 3.8) is 0 Å². The van der Waals surface area contributed by atoms with Gasteiger partial charge in [0.25, 0.3) is 0 Å². The number of hydrogen-bond donors (Lipinski definition) is 2. The number of likely N-dealkylation sites (N-methyl/N-ethyl adjacent to an activating group) is 1. The summed E-state index contributed by atoms with van der Waals surface area (Å²) in [4.78, 5) is 12.8. The van der Waals surface area contributed by atoms with Crippen LogP contribution < -0.4 is 11.5 Å². The largest absolute Gasteiger partial charge is 0.369 e. The molecule has 0 aliphatic heterocycles. The molecule has 0 aliphatic rings. The molecule has 1 amide bonds. The molecule has 17 heavy (non-hydrogen) atoms. The van der Waals surface area contributed by atoms with Gasteiger partial charge in [-0.25, -0.2) is 0 Å². The maximum atomic E-state index is 11.0. The minimum Gasteiger partial charge on any atom is -0.369 e. The van der Waals surface area contributed by atoms with Crippen molar-refractivity contribution in [2.75, 3.05) is 13.6 Å². The van der Waals surface area contributed by atoms with Gasteiger partial charge in [-0.1, -0.05) is 6.92 Å². The van der Waals surface area contributed by atoms with Crippen LogP contribution in [0, 0.1) is 0 Å². The molecule has 0 aliphatic carbocycles. The second kappa shape index (κ2) is 5.79. The monoisotopic (exact) mass is 239 g/mol. The number of rotatable bonds is 6. The van der Waals surface area contributed by atoms with Gasteiger partial charge in [0.1, 0.15) is 0 Å². The molecular formula is C11H21N5O. The number of nitrogens with zero attached hydrogens (tertiary/aromatic N) is 3. The lowest BCUT2D eigenvalue weighted by atomic mass is 9.99. The number of hydrogen-bond acceptors (Lipinski definition) is 4. The quantitative estimate of drug-likeness (QED) is 0.707. The number of carbonyl (C=O) groups is 1. The highest BCUT2D eigenvalue weighted by Gasteiger charge is 2.25. The first-order valence-corrected chi connectivity index (χ1v) is 5.68. The molecule has 0 aromatic carbocycles. The van der Waals surface area contributed by atoms with Crippen LogP contribution in [0.5, 0.6) is 0 Å². The van der Waals surface area contributed by atoms with E-state index in [0.29, 0.717) is 0 Å². The molecule has 1 heterocycles. The van der Waals surface area contributed by atoms with Gasteiger partial charge in [0.15, 0.2) is 0 Å². The van der Waals surface area contributed by atoms with Crippen molar-refractivity contribution in [2.45, 2.75) is 25.4 Å². The van der Waals surface area contributed by atoms with Crippen LogP contribution >= 0.6 is 0 Å². The summed E-state index contributed by atoms with van der Waals surface area (Å²) in [6, 6.07) is -0.0928. The van der Waals surface area contributed by atoms with Crippen LogP contribution in [-0.4, -0.2) is 40.2 Å². The molecule has 4 N–H and O–H groups in total. The van der Waals surface area contributed by atoms with Crippen molar-refractivity contribution in [1.82, 2.24) is 14.7 Å². The second-order valence-corrected chi connectivity index (χ2v) is 4.35. The summed E-state index contributed by atoms with van der Waals surface area (Å²) in [5.41, 5.74) is 12.3. The van der Waals surface area contributed by atoms with Gasteiger partial charge in [0.2, 0.25) is 5.91 Å². The molecule has 6 nitrogen and oxygen atoms in total. The molecular weight excluding hydrogens is 218 g/mol. The van der Waals surface area contributed by atoms with Crippen LogP contribution in [0.15, 0.2) is 12.4 Å². The van der Waals surface area contributed by atoms with E-state index in [1.54, 1.807) is 10.9 Å². The van der Waals surface area contributed by atoms with E-state index in [9.17, 15) is 4.79 Å². The number of aryl methyl sites for hydroxylation is 1. The molecule has 0 radical (unpaired) electrons. The van der Waals surface area contributed by atoms with Crippen molar-refractivity contribution in [2.24, 2.45) is 18.5 Å². The van der Waals surface area contributed by atoms with E-state index in [2.05, 4.69) is 5.10 Å². The maximum Gasteiger partial charge on any atom is 0.231 e. The average Bonchev–Trinajstić information content (AvgIpc) is 2.63. The summed E-state index contributed by atoms with van der Waals surface area (Å²) in [7, 11) is 3.70. The van der Waals surface area contributed by atoms with Crippen LogP contribution in [0.25, 0.3) is 0 Å². The highest BCUT2D eigenvalue weighted by Crippen LogP contribution is 2.22. The van der Waals surface area contributed by atoms with Gasteiger partial charge in [-0.2, -0.15) is 5.10 Å². The predicted octanol–water partition coefficient (Wildman–Crippen LogP) is -0.384. The summed E-state index contributed by atoms with van der Waals surface area (Å²) in [5.74, 6) is -0.357. The Balaban J connectivity index is 2.91. The molecule has 0 fully saturated rings. The first-order valence-electron chi connectivity index (χ1n) is 5.68. The number of carbonyl (C=O) groups excluding carboxylic acids is 1. The Kier molecular flexibility index (Phi) is 4.65. The van der Waals surface area contributed by atoms with E-state index in [-0.39, 0.29) is 24.5 Å². The fourth-order valence-corrected chi connectivity index (χ4v) is 1.99. The molecule has 0 saturated heterocycles. The number of amides is 1. The number of primary amides is 1. The van der Waals surface area contributed by atoms with Crippen LogP contribution in [0.1, 0.15) is 24.9 Å². The van der Waals surface area contributed by atoms with Gasteiger partial charge in [-0.3, -0.25) is 14.4 Å². The topological polar surface area (TPSA) is 90.2 Å². The Morgan fingerprint density at radius 3 is 2.71 bits per heavy atom. The standard InChI is InChI=1S/C11H21N5O/c1-4-9(12)11(15(2)7-10(13)17)8-5-14-16(3)6-8/h5-6,9,11H,4,7,12H2,1-3H3,(H2,13,17). The fraction of sp³-hybridized carbons (Fsp3) is 0.636. The summed E-state index contributed by atoms with van der Waals surface area (Å²) in [5, 5.41) is 4.13. The summed E-state index contributed by atoms with van der Waals surface area (Å²) >= 11 is 0. The van der Waals surface area contributed by atoms with Crippen LogP contribution in [0.3, 0.4) is 0 Å². The summed E-state index contributed by atoms with van der Waals surface area (Å²) in [6.07, 6.45) is 4.51. The van der Waals surface area contributed by atoms with E-state index < -0.39 is 0 Å². The van der Waals surface area contributed by atoms with E-state index in [4.69, 9.17) is 11.5 Å². The molecule has 0 bridgehead atoms. The van der Waals surface area contributed by atoms with Crippen LogP contribution in [0.4, 0.5) is 0 Å². The third-order valence-electron chi connectivity index (χ3n) is 2.82. The smallest absolute Gasteiger partial charge is 0.231 e. The minimum absolute atomic E-state index is 0.0406. The Bertz CT molecular complexity index is 376. The van der Waals surface area contributed by atoms with Crippen molar-refractivity contribution in [1.29, 1.82) is 0 Å². The normalized spacial score (nSPS) is 14.9. The summed E-state index contributed by atoms with van der Waals surface area (Å²) in [6.45, 7) is 2.21. The zero-order chi connectivity index (χ0) is 13.0. The van der Waals surface area contributed by atoms with Gasteiger partial charge < -0.3 is 11.5 Å². The maximum absolute atomic E-state index is 11.0. The Labute approximate surface area is 102 Å². The van der Waals surface area contributed by atoms with Crippen LogP contribution in [0.2, 0.25) is 0 Å². The molecule has 0 spiro atoms. The highest BCUT2D eigenvalue weighted by molar-refractivity contribution is 5.75. The van der Waals surface area contributed by atoms with E-state index in [0.717, 1.165) is 12.0 Å². The molecule has 2 atom stereocenters. The number of aromatic nitrogens is 2. The molecule has 96 valence electrons. The van der Waals surface area contributed by atoms with E-state index in [1.807, 2.05) is 32.1 Å². The molecule has 1 aromatic heterocycles. The van der Waals surface area contributed by atoms with E-state index >= 15 is 0 Å². The average molecular weight is 239 g/mol. The molecule has 1 rings (SSSR count). The second-order valence-electron chi connectivity index (χ2n) is 4.35. The van der Waals surface area contributed by atoms with Crippen molar-refractivity contribution in [3.05, 3.63) is 18.0 Å².